The molecule has 0 bridgehead atoms. The van der Waals surface area contributed by atoms with E-state index in [0.717, 1.165) is 4.57 Å². The molecule has 3 rings (SSSR count). The van der Waals surface area contributed by atoms with Crippen molar-refractivity contribution in [2.24, 2.45) is 7.05 Å². The topological polar surface area (TPSA) is 101 Å². The molecule has 0 radical (unpaired) electrons. The van der Waals surface area contributed by atoms with Crippen molar-refractivity contribution in [3.63, 3.8) is 0 Å². The summed E-state index contributed by atoms with van der Waals surface area (Å²) < 4.78 is 29.5. The number of rotatable bonds is 5. The highest BCUT2D eigenvalue weighted by molar-refractivity contribution is 14.1. The standard InChI is InChI=1S/C17H12FIN2O6/c1-21-15-14(16(23)27-17(21)24)11(12(19)6-20-15)7-26-13(22)8-25-10-4-2-9(18)3-5-10/h2-6H,7-8H2,1H3. The van der Waals surface area contributed by atoms with Crippen LogP contribution in [0.1, 0.15) is 5.56 Å². The Hall–Kier alpha value is -2.76. The van der Waals surface area contributed by atoms with E-state index in [4.69, 9.17) is 9.47 Å². The molecule has 0 atom stereocenters. The van der Waals surface area contributed by atoms with Gasteiger partial charge in [0.15, 0.2) is 12.3 Å². The molecule has 0 spiro atoms. The largest absolute Gasteiger partial charge is 0.482 e. The van der Waals surface area contributed by atoms with Gasteiger partial charge in [0.2, 0.25) is 0 Å². The number of esters is 1. The Morgan fingerprint density at radius 3 is 2.70 bits per heavy atom. The Labute approximate surface area is 164 Å². The van der Waals surface area contributed by atoms with Crippen LogP contribution in [0.15, 0.2) is 44.5 Å². The molecule has 0 amide bonds. The average molecular weight is 486 g/mol. The molecule has 0 fully saturated rings. The van der Waals surface area contributed by atoms with Gasteiger partial charge in [0.25, 0.3) is 0 Å². The zero-order chi connectivity index (χ0) is 19.6. The summed E-state index contributed by atoms with van der Waals surface area (Å²) in [4.78, 5) is 39.7. The Morgan fingerprint density at radius 1 is 1.30 bits per heavy atom. The Balaban J connectivity index is 1.76. The fourth-order valence-corrected chi connectivity index (χ4v) is 2.84. The molecule has 27 heavy (non-hydrogen) atoms. The molecule has 0 unspecified atom stereocenters. The van der Waals surface area contributed by atoms with Gasteiger partial charge in [-0.3, -0.25) is 4.57 Å². The second-order valence-corrected chi connectivity index (χ2v) is 6.56. The van der Waals surface area contributed by atoms with Crippen molar-refractivity contribution >= 4 is 39.6 Å². The summed E-state index contributed by atoms with van der Waals surface area (Å²) in [6.45, 7) is -0.621. The minimum absolute atomic E-state index is 0.0660. The molecular formula is C17H12FIN2O6. The Kier molecular flexibility index (Phi) is 5.54. The van der Waals surface area contributed by atoms with Crippen molar-refractivity contribution in [1.82, 2.24) is 9.55 Å². The molecule has 0 N–H and O–H groups in total. The Bertz CT molecular complexity index is 1120. The van der Waals surface area contributed by atoms with Crippen LogP contribution in [0.4, 0.5) is 4.39 Å². The van der Waals surface area contributed by atoms with Crippen LogP contribution in [0.2, 0.25) is 0 Å². The number of hydrogen-bond acceptors (Lipinski definition) is 7. The van der Waals surface area contributed by atoms with E-state index in [-0.39, 0.29) is 17.6 Å². The first-order valence-corrected chi connectivity index (χ1v) is 8.66. The number of benzene rings is 1. The van der Waals surface area contributed by atoms with E-state index in [1.165, 1.54) is 37.5 Å². The second kappa shape index (κ2) is 7.86. The lowest BCUT2D eigenvalue weighted by Crippen LogP contribution is -2.25. The van der Waals surface area contributed by atoms with E-state index in [2.05, 4.69) is 9.40 Å². The van der Waals surface area contributed by atoms with E-state index in [1.807, 2.05) is 22.6 Å². The van der Waals surface area contributed by atoms with Crippen molar-refractivity contribution < 1.29 is 23.1 Å². The molecular weight excluding hydrogens is 474 g/mol. The maximum absolute atomic E-state index is 12.8. The third kappa shape index (κ3) is 4.15. The first-order chi connectivity index (χ1) is 12.9. The molecule has 0 saturated carbocycles. The molecule has 0 aliphatic rings. The second-order valence-electron chi connectivity index (χ2n) is 5.40. The first kappa shape index (κ1) is 19.0. The number of halogens is 2. The molecule has 2 aromatic heterocycles. The van der Waals surface area contributed by atoms with Crippen LogP contribution in [0.3, 0.4) is 0 Å². The number of nitrogens with zero attached hydrogens (tertiary/aromatic N) is 2. The van der Waals surface area contributed by atoms with E-state index < -0.39 is 29.8 Å². The van der Waals surface area contributed by atoms with Gasteiger partial charge in [-0.1, -0.05) is 0 Å². The third-order valence-corrected chi connectivity index (χ3v) is 4.57. The van der Waals surface area contributed by atoms with Gasteiger partial charge < -0.3 is 13.9 Å². The van der Waals surface area contributed by atoms with Gasteiger partial charge in [0.05, 0.1) is 0 Å². The SMILES string of the molecule is Cn1c(=O)oc(=O)c2c(COC(=O)COc3ccc(F)cc3)c(I)cnc21. The minimum Gasteiger partial charge on any atom is -0.482 e. The van der Waals surface area contributed by atoms with Crippen molar-refractivity contribution in [3.05, 3.63) is 66.4 Å². The summed E-state index contributed by atoms with van der Waals surface area (Å²) in [5.41, 5.74) is -0.349. The summed E-state index contributed by atoms with van der Waals surface area (Å²) in [5, 5.41) is 0.0660. The number of carbonyl (C=O) groups excluding carboxylic acids is 1. The Morgan fingerprint density at radius 2 is 2.00 bits per heavy atom. The number of aryl methyl sites for hydroxylation is 1. The zero-order valence-corrected chi connectivity index (χ0v) is 16.1. The van der Waals surface area contributed by atoms with Gasteiger partial charge in [-0.2, -0.15) is 0 Å². The lowest BCUT2D eigenvalue weighted by molar-refractivity contribution is -0.147. The first-order valence-electron chi connectivity index (χ1n) is 7.58. The maximum Gasteiger partial charge on any atom is 0.423 e. The number of hydrogen-bond donors (Lipinski definition) is 0. The van der Waals surface area contributed by atoms with Crippen LogP contribution in [0, 0.1) is 9.39 Å². The van der Waals surface area contributed by atoms with Crippen molar-refractivity contribution in [2.75, 3.05) is 6.61 Å². The fraction of sp³-hybridized carbons (Fsp3) is 0.176. The molecule has 140 valence electrons. The van der Waals surface area contributed by atoms with Gasteiger partial charge in [-0.25, -0.2) is 23.8 Å². The number of ether oxygens (including phenoxy) is 2. The normalized spacial score (nSPS) is 10.8. The van der Waals surface area contributed by atoms with E-state index in [1.54, 1.807) is 0 Å². The van der Waals surface area contributed by atoms with Gasteiger partial charge in [0, 0.05) is 22.4 Å². The van der Waals surface area contributed by atoms with E-state index in [0.29, 0.717) is 14.9 Å². The monoisotopic (exact) mass is 486 g/mol. The van der Waals surface area contributed by atoms with Crippen LogP contribution >= 0.6 is 22.6 Å². The molecule has 0 aliphatic heterocycles. The lowest BCUT2D eigenvalue weighted by Gasteiger charge is -2.10. The van der Waals surface area contributed by atoms with E-state index in [9.17, 15) is 18.8 Å². The molecule has 1 aromatic carbocycles. The maximum atomic E-state index is 12.8. The van der Waals surface area contributed by atoms with Gasteiger partial charge in [-0.15, -0.1) is 0 Å². The minimum atomic E-state index is -0.854. The van der Waals surface area contributed by atoms with Crippen LogP contribution in [0.5, 0.6) is 5.75 Å². The predicted molar refractivity (Wildman–Crippen MR) is 99.9 cm³/mol. The van der Waals surface area contributed by atoms with Crippen molar-refractivity contribution in [3.8, 4) is 5.75 Å². The molecule has 3 aromatic rings. The van der Waals surface area contributed by atoms with E-state index >= 15 is 0 Å². The highest BCUT2D eigenvalue weighted by atomic mass is 127. The lowest BCUT2D eigenvalue weighted by atomic mass is 10.2. The third-order valence-electron chi connectivity index (χ3n) is 3.64. The van der Waals surface area contributed by atoms with Crippen LogP contribution < -0.4 is 16.1 Å². The van der Waals surface area contributed by atoms with Crippen molar-refractivity contribution in [1.29, 1.82) is 0 Å². The molecule has 0 saturated heterocycles. The zero-order valence-electron chi connectivity index (χ0n) is 13.9. The van der Waals surface area contributed by atoms with Gasteiger partial charge in [-0.05, 0) is 46.9 Å². The van der Waals surface area contributed by atoms with Gasteiger partial charge >= 0.3 is 17.4 Å². The van der Waals surface area contributed by atoms with Crippen molar-refractivity contribution in [2.45, 2.75) is 6.61 Å². The predicted octanol–water partition coefficient (Wildman–Crippen LogP) is 1.75. The smallest absolute Gasteiger partial charge is 0.423 e. The van der Waals surface area contributed by atoms with Crippen LogP contribution in [0.25, 0.3) is 11.0 Å². The molecule has 0 aliphatic carbocycles. The average Bonchev–Trinajstić information content (AvgIpc) is 2.64. The molecule has 10 heteroatoms. The number of pyridine rings is 1. The molecule has 8 nitrogen and oxygen atoms in total. The molecule has 2 heterocycles. The summed E-state index contributed by atoms with van der Waals surface area (Å²) >= 11 is 1.94. The summed E-state index contributed by atoms with van der Waals surface area (Å²) in [6.07, 6.45) is 1.46. The van der Waals surface area contributed by atoms with Crippen LogP contribution in [-0.4, -0.2) is 22.1 Å². The summed E-state index contributed by atoms with van der Waals surface area (Å²) in [6, 6.07) is 5.17. The summed E-state index contributed by atoms with van der Waals surface area (Å²) in [7, 11) is 1.42. The quantitative estimate of drug-likeness (QED) is 0.400. The number of carbonyl (C=O) groups is 1. The highest BCUT2D eigenvalue weighted by Crippen LogP contribution is 2.19. The van der Waals surface area contributed by atoms with Crippen LogP contribution in [-0.2, 0) is 23.2 Å². The number of fused-ring (bicyclic) bond motifs is 1. The summed E-state index contributed by atoms with van der Waals surface area (Å²) in [5.74, 6) is -1.63. The fourth-order valence-electron chi connectivity index (χ4n) is 2.28. The highest BCUT2D eigenvalue weighted by Gasteiger charge is 2.17. The van der Waals surface area contributed by atoms with Gasteiger partial charge in [0.1, 0.15) is 23.6 Å². The number of aromatic nitrogens is 2.